The molecule has 2 aromatic rings. The normalized spacial score (nSPS) is 10.3. The van der Waals surface area contributed by atoms with E-state index in [0.29, 0.717) is 12.2 Å². The summed E-state index contributed by atoms with van der Waals surface area (Å²) in [7, 11) is 0. The van der Waals surface area contributed by atoms with Crippen molar-refractivity contribution in [2.75, 3.05) is 6.61 Å². The van der Waals surface area contributed by atoms with Gasteiger partial charge in [0.1, 0.15) is 11.6 Å². The lowest BCUT2D eigenvalue weighted by Gasteiger charge is -2.07. The Hall–Kier alpha value is -2.01. The van der Waals surface area contributed by atoms with Gasteiger partial charge < -0.3 is 8.92 Å². The molecule has 0 aliphatic carbocycles. The molecule has 2 rings (SSSR count). The van der Waals surface area contributed by atoms with Gasteiger partial charge in [0.2, 0.25) is 0 Å². The van der Waals surface area contributed by atoms with E-state index in [1.807, 2.05) is 0 Å². The van der Waals surface area contributed by atoms with Crippen molar-refractivity contribution in [3.05, 3.63) is 59.9 Å². The molecule has 0 saturated carbocycles. The maximum Gasteiger partial charge on any atom is 0.350 e. The zero-order chi connectivity index (χ0) is 16.5. The van der Waals surface area contributed by atoms with Crippen molar-refractivity contribution in [3.63, 3.8) is 0 Å². The second-order valence-electron chi connectivity index (χ2n) is 4.96. The lowest BCUT2D eigenvalue weighted by molar-refractivity contribution is 0.0768. The number of halogens is 1. The number of hydrogen-bond donors (Lipinski definition) is 0. The van der Waals surface area contributed by atoms with Crippen molar-refractivity contribution >= 4 is 18.0 Å². The summed E-state index contributed by atoms with van der Waals surface area (Å²) < 4.78 is 24.1. The van der Waals surface area contributed by atoms with Crippen LogP contribution in [0.25, 0.3) is 0 Å². The molecule has 0 aliphatic rings. The Morgan fingerprint density at radius 1 is 1.09 bits per heavy atom. The summed E-state index contributed by atoms with van der Waals surface area (Å²) in [4.78, 5) is 12.2. The van der Waals surface area contributed by atoms with Crippen LogP contribution < -0.4 is 4.74 Å². The Morgan fingerprint density at radius 3 is 2.52 bits per heavy atom. The molecule has 0 saturated heterocycles. The molecule has 0 atom stereocenters. The molecule has 3 nitrogen and oxygen atoms in total. The van der Waals surface area contributed by atoms with Crippen molar-refractivity contribution in [1.29, 1.82) is 0 Å². The molecule has 0 radical (unpaired) electrons. The molecule has 0 bridgehead atoms. The lowest BCUT2D eigenvalue weighted by Crippen LogP contribution is -2.01. The van der Waals surface area contributed by atoms with E-state index in [9.17, 15) is 9.18 Å². The predicted octanol–water partition coefficient (Wildman–Crippen LogP) is 5.26. The second kappa shape index (κ2) is 9.20. The molecule has 23 heavy (non-hydrogen) atoms. The van der Waals surface area contributed by atoms with Crippen molar-refractivity contribution < 1.29 is 18.1 Å². The van der Waals surface area contributed by atoms with Gasteiger partial charge in [-0.1, -0.05) is 31.9 Å². The summed E-state index contributed by atoms with van der Waals surface area (Å²) in [5, 5.41) is 0. The van der Waals surface area contributed by atoms with Crippen LogP contribution in [0.3, 0.4) is 0 Å². The Labute approximate surface area is 140 Å². The van der Waals surface area contributed by atoms with Gasteiger partial charge in [0, 0.05) is 0 Å². The van der Waals surface area contributed by atoms with Crippen LogP contribution in [0.2, 0.25) is 0 Å². The average molecular weight is 334 g/mol. The fraction of sp³-hybridized carbons (Fsp3) is 0.278. The first-order valence-electron chi connectivity index (χ1n) is 7.57. The van der Waals surface area contributed by atoms with E-state index in [-0.39, 0.29) is 4.90 Å². The molecule has 5 heteroatoms. The van der Waals surface area contributed by atoms with Crippen LogP contribution in [-0.4, -0.2) is 12.6 Å². The standard InChI is InChI=1S/C18H19FO3S/c1-2-3-6-13-21-15-11-9-14(10-12-15)18(20)22-23-17-8-5-4-7-16(17)19/h4-5,7-12H,2-3,6,13H2,1H3. The molecule has 0 aromatic heterocycles. The lowest BCUT2D eigenvalue weighted by atomic mass is 10.2. The molecule has 2 aromatic carbocycles. The fourth-order valence-electron chi connectivity index (χ4n) is 1.87. The van der Waals surface area contributed by atoms with Gasteiger partial charge in [-0.25, -0.2) is 9.18 Å². The summed E-state index contributed by atoms with van der Waals surface area (Å²) in [6, 6.07) is 12.9. The maximum atomic E-state index is 13.4. The van der Waals surface area contributed by atoms with Crippen molar-refractivity contribution in [2.45, 2.75) is 31.1 Å². The third kappa shape index (κ3) is 5.60. The second-order valence-corrected chi connectivity index (χ2v) is 5.74. The minimum absolute atomic E-state index is 0.275. The first-order chi connectivity index (χ1) is 11.2. The number of unbranched alkanes of at least 4 members (excludes halogenated alkanes) is 2. The molecular weight excluding hydrogens is 315 g/mol. The zero-order valence-electron chi connectivity index (χ0n) is 13.0. The van der Waals surface area contributed by atoms with Gasteiger partial charge in [0.25, 0.3) is 0 Å². The average Bonchev–Trinajstić information content (AvgIpc) is 2.58. The smallest absolute Gasteiger partial charge is 0.350 e. The first kappa shape index (κ1) is 17.3. The highest BCUT2D eigenvalue weighted by atomic mass is 32.2. The van der Waals surface area contributed by atoms with Gasteiger partial charge in [-0.2, -0.15) is 0 Å². The third-order valence-corrected chi connectivity index (χ3v) is 3.90. The number of rotatable bonds is 8. The van der Waals surface area contributed by atoms with E-state index in [1.165, 1.54) is 6.07 Å². The Balaban J connectivity index is 1.84. The summed E-state index contributed by atoms with van der Waals surface area (Å²) in [6.45, 7) is 2.81. The zero-order valence-corrected chi connectivity index (χ0v) is 13.8. The highest BCUT2D eigenvalue weighted by Crippen LogP contribution is 2.24. The molecule has 122 valence electrons. The number of carbonyl (C=O) groups is 1. The van der Waals surface area contributed by atoms with Gasteiger partial charge in [-0.15, -0.1) is 0 Å². The van der Waals surface area contributed by atoms with Crippen molar-refractivity contribution in [2.24, 2.45) is 0 Å². The van der Waals surface area contributed by atoms with Crippen molar-refractivity contribution in [3.8, 4) is 5.75 Å². The maximum absolute atomic E-state index is 13.4. The third-order valence-electron chi connectivity index (χ3n) is 3.15. The van der Waals surface area contributed by atoms with Crippen LogP contribution in [0.5, 0.6) is 5.75 Å². The minimum atomic E-state index is -0.518. The predicted molar refractivity (Wildman–Crippen MR) is 89.1 cm³/mol. The molecule has 0 spiro atoms. The molecule has 0 aliphatic heterocycles. The van der Waals surface area contributed by atoms with E-state index < -0.39 is 11.8 Å². The summed E-state index contributed by atoms with van der Waals surface area (Å²) in [6.07, 6.45) is 3.30. The van der Waals surface area contributed by atoms with Crippen LogP contribution in [0.4, 0.5) is 4.39 Å². The van der Waals surface area contributed by atoms with Crippen LogP contribution in [0, 0.1) is 5.82 Å². The summed E-state index contributed by atoms with van der Waals surface area (Å²) in [5.41, 5.74) is 0.398. The number of hydrogen-bond acceptors (Lipinski definition) is 4. The Bertz CT molecular complexity index is 628. The molecular formula is C18H19FO3S. The molecule has 0 fully saturated rings. The van der Waals surface area contributed by atoms with Crippen LogP contribution in [0.15, 0.2) is 53.4 Å². The van der Waals surface area contributed by atoms with E-state index in [1.54, 1.807) is 42.5 Å². The van der Waals surface area contributed by atoms with Crippen LogP contribution >= 0.6 is 12.0 Å². The van der Waals surface area contributed by atoms with Gasteiger partial charge in [0.15, 0.2) is 0 Å². The molecule has 0 unspecified atom stereocenters. The van der Waals surface area contributed by atoms with E-state index in [2.05, 4.69) is 6.92 Å². The quantitative estimate of drug-likeness (QED) is 0.487. The SMILES string of the molecule is CCCCCOc1ccc(C(=O)OSc2ccccc2F)cc1. The highest BCUT2D eigenvalue weighted by molar-refractivity contribution is 7.95. The fourth-order valence-corrected chi connectivity index (χ4v) is 2.42. The minimum Gasteiger partial charge on any atom is -0.494 e. The largest absolute Gasteiger partial charge is 0.494 e. The summed E-state index contributed by atoms with van der Waals surface area (Å²) in [5.74, 6) is -0.212. The number of carbonyl (C=O) groups excluding carboxylic acids is 1. The molecule has 0 N–H and O–H groups in total. The molecule has 0 heterocycles. The van der Waals surface area contributed by atoms with E-state index in [0.717, 1.165) is 37.1 Å². The Morgan fingerprint density at radius 2 is 1.83 bits per heavy atom. The Kier molecular flexibility index (Phi) is 6.94. The van der Waals surface area contributed by atoms with E-state index >= 15 is 0 Å². The topological polar surface area (TPSA) is 35.5 Å². The van der Waals surface area contributed by atoms with Crippen molar-refractivity contribution in [1.82, 2.24) is 0 Å². The number of benzene rings is 2. The van der Waals surface area contributed by atoms with Crippen LogP contribution in [0.1, 0.15) is 36.5 Å². The van der Waals surface area contributed by atoms with Gasteiger partial charge >= 0.3 is 5.97 Å². The highest BCUT2D eigenvalue weighted by Gasteiger charge is 2.10. The summed E-state index contributed by atoms with van der Waals surface area (Å²) >= 11 is 0.718. The number of ether oxygens (including phenoxy) is 1. The van der Waals surface area contributed by atoms with Gasteiger partial charge in [0.05, 0.1) is 29.1 Å². The van der Waals surface area contributed by atoms with Crippen LogP contribution in [-0.2, 0) is 4.18 Å². The van der Waals surface area contributed by atoms with Gasteiger partial charge in [-0.3, -0.25) is 0 Å². The van der Waals surface area contributed by atoms with E-state index in [4.69, 9.17) is 8.92 Å². The molecule has 0 amide bonds. The first-order valence-corrected chi connectivity index (χ1v) is 8.31. The monoisotopic (exact) mass is 334 g/mol. The van der Waals surface area contributed by atoms with Gasteiger partial charge in [-0.05, 0) is 42.8 Å².